The van der Waals surface area contributed by atoms with E-state index in [2.05, 4.69) is 10.3 Å². The maximum Gasteiger partial charge on any atom is 0.259 e. The molecule has 1 aromatic heterocycles. The molecule has 0 aliphatic carbocycles. The molecule has 0 aliphatic rings. The minimum absolute atomic E-state index is 0.0810. The Hall–Kier alpha value is -2.56. The highest BCUT2D eigenvalue weighted by Crippen LogP contribution is 2.19. The van der Waals surface area contributed by atoms with Gasteiger partial charge in [0.2, 0.25) is 5.56 Å². The second-order valence-electron chi connectivity index (χ2n) is 3.92. The summed E-state index contributed by atoms with van der Waals surface area (Å²) in [7, 11) is 0. The summed E-state index contributed by atoms with van der Waals surface area (Å²) < 4.78 is 0. The second-order valence-corrected chi connectivity index (χ2v) is 3.92. The van der Waals surface area contributed by atoms with Gasteiger partial charge in [-0.3, -0.25) is 9.59 Å². The molecular weight excluding hydrogens is 232 g/mol. The third-order valence-electron chi connectivity index (χ3n) is 2.44. The lowest BCUT2D eigenvalue weighted by Crippen LogP contribution is -2.13. The topological polar surface area (TPSA) is 82.2 Å². The van der Waals surface area contributed by atoms with Crippen molar-refractivity contribution in [3.8, 4) is 5.75 Å². The van der Waals surface area contributed by atoms with Crippen LogP contribution in [0.15, 0.2) is 41.3 Å². The van der Waals surface area contributed by atoms with Crippen molar-refractivity contribution in [2.24, 2.45) is 0 Å². The van der Waals surface area contributed by atoms with E-state index in [4.69, 9.17) is 0 Å². The number of hydrogen-bond acceptors (Lipinski definition) is 3. The zero-order valence-electron chi connectivity index (χ0n) is 9.73. The molecule has 1 aromatic carbocycles. The quantitative estimate of drug-likeness (QED) is 0.751. The van der Waals surface area contributed by atoms with Gasteiger partial charge in [0.05, 0.1) is 11.3 Å². The number of hydrogen-bond donors (Lipinski definition) is 3. The molecule has 18 heavy (non-hydrogen) atoms. The van der Waals surface area contributed by atoms with Crippen LogP contribution in [0.5, 0.6) is 5.75 Å². The second kappa shape index (κ2) is 4.75. The first-order valence-electron chi connectivity index (χ1n) is 5.36. The minimum atomic E-state index is -0.428. The lowest BCUT2D eigenvalue weighted by molar-refractivity contribution is 0.102. The number of phenolic OH excluding ortho intramolecular Hbond substituents is 1. The van der Waals surface area contributed by atoms with Crippen molar-refractivity contribution in [3.63, 3.8) is 0 Å². The number of H-pyrrole nitrogens is 1. The Morgan fingerprint density at radius 3 is 2.72 bits per heavy atom. The van der Waals surface area contributed by atoms with E-state index in [9.17, 15) is 14.7 Å². The number of aromatic hydroxyl groups is 1. The van der Waals surface area contributed by atoms with Crippen LogP contribution in [0.3, 0.4) is 0 Å². The Balaban J connectivity index is 2.24. The van der Waals surface area contributed by atoms with Gasteiger partial charge in [-0.05, 0) is 25.1 Å². The van der Waals surface area contributed by atoms with Gasteiger partial charge in [-0.1, -0.05) is 11.6 Å². The van der Waals surface area contributed by atoms with Crippen LogP contribution in [0.25, 0.3) is 0 Å². The van der Waals surface area contributed by atoms with Crippen molar-refractivity contribution in [1.82, 2.24) is 4.98 Å². The van der Waals surface area contributed by atoms with E-state index < -0.39 is 5.91 Å². The Labute approximate surface area is 103 Å². The van der Waals surface area contributed by atoms with E-state index in [1.54, 1.807) is 12.1 Å². The number of nitrogens with one attached hydrogen (secondary N) is 2. The molecule has 2 aromatic rings. The van der Waals surface area contributed by atoms with Crippen LogP contribution in [-0.2, 0) is 0 Å². The Bertz CT molecular complexity index is 626. The average Bonchev–Trinajstić information content (AvgIpc) is 2.35. The molecule has 0 radical (unpaired) electrons. The van der Waals surface area contributed by atoms with E-state index in [-0.39, 0.29) is 16.9 Å². The molecule has 2 rings (SSSR count). The predicted octanol–water partition coefficient (Wildman–Crippen LogP) is 1.64. The van der Waals surface area contributed by atoms with Crippen LogP contribution in [0.4, 0.5) is 5.69 Å². The molecule has 0 aliphatic heterocycles. The van der Waals surface area contributed by atoms with Gasteiger partial charge in [-0.25, -0.2) is 0 Å². The summed E-state index contributed by atoms with van der Waals surface area (Å²) in [5.74, 6) is -0.509. The Morgan fingerprint density at radius 2 is 2.06 bits per heavy atom. The van der Waals surface area contributed by atoms with Crippen LogP contribution in [0.2, 0.25) is 0 Å². The normalized spacial score (nSPS) is 10.1. The summed E-state index contributed by atoms with van der Waals surface area (Å²) in [6.45, 7) is 1.83. The van der Waals surface area contributed by atoms with Crippen molar-refractivity contribution in [2.45, 2.75) is 6.92 Å². The summed E-state index contributed by atoms with van der Waals surface area (Å²) in [4.78, 5) is 25.2. The number of carbonyl (C=O) groups is 1. The van der Waals surface area contributed by atoms with E-state index in [1.165, 1.54) is 24.4 Å². The number of carbonyl (C=O) groups excluding carboxylic acids is 1. The van der Waals surface area contributed by atoms with E-state index in [0.29, 0.717) is 5.69 Å². The van der Waals surface area contributed by atoms with Crippen LogP contribution in [0, 0.1) is 6.92 Å². The van der Waals surface area contributed by atoms with Crippen LogP contribution in [0.1, 0.15) is 15.9 Å². The van der Waals surface area contributed by atoms with E-state index in [1.807, 2.05) is 6.92 Å². The maximum absolute atomic E-state index is 11.9. The number of rotatable bonds is 2. The summed E-state index contributed by atoms with van der Waals surface area (Å²) in [5.41, 5.74) is 1.28. The molecule has 0 saturated carbocycles. The summed E-state index contributed by atoms with van der Waals surface area (Å²) in [6.07, 6.45) is 1.40. The van der Waals surface area contributed by atoms with Gasteiger partial charge in [-0.2, -0.15) is 0 Å². The molecule has 0 atom stereocenters. The number of aryl methyl sites for hydroxylation is 1. The highest BCUT2D eigenvalue weighted by molar-refractivity contribution is 6.06. The minimum Gasteiger partial charge on any atom is -0.507 e. The molecule has 0 unspecified atom stereocenters. The first-order valence-corrected chi connectivity index (χ1v) is 5.36. The number of aromatic amines is 1. The van der Waals surface area contributed by atoms with Gasteiger partial charge in [0.1, 0.15) is 5.75 Å². The van der Waals surface area contributed by atoms with Gasteiger partial charge in [0, 0.05) is 12.3 Å². The molecule has 0 spiro atoms. The molecular formula is C13H12N2O3. The molecule has 1 amide bonds. The van der Waals surface area contributed by atoms with Gasteiger partial charge in [0.25, 0.3) is 5.91 Å². The fourth-order valence-corrected chi connectivity index (χ4v) is 1.52. The number of benzene rings is 1. The Morgan fingerprint density at radius 1 is 1.28 bits per heavy atom. The number of anilines is 1. The third-order valence-corrected chi connectivity index (χ3v) is 2.44. The van der Waals surface area contributed by atoms with Crippen LogP contribution in [-0.4, -0.2) is 16.0 Å². The number of phenols is 1. The van der Waals surface area contributed by atoms with Crippen LogP contribution < -0.4 is 10.9 Å². The Kier molecular flexibility index (Phi) is 3.14. The van der Waals surface area contributed by atoms with Gasteiger partial charge < -0.3 is 15.4 Å². The first-order chi connectivity index (χ1) is 8.56. The molecule has 5 heteroatoms. The standard InChI is InChI=1S/C13H12N2O3/c1-8-2-4-11(16)10(6-8)13(18)15-9-3-5-12(17)14-7-9/h2-7,16H,1H3,(H,14,17)(H,15,18). The fraction of sp³-hybridized carbons (Fsp3) is 0.0769. The fourth-order valence-electron chi connectivity index (χ4n) is 1.52. The molecule has 92 valence electrons. The molecule has 0 saturated heterocycles. The number of amides is 1. The maximum atomic E-state index is 11.9. The van der Waals surface area contributed by atoms with Gasteiger partial charge in [0.15, 0.2) is 0 Å². The monoisotopic (exact) mass is 244 g/mol. The van der Waals surface area contributed by atoms with Crippen molar-refractivity contribution >= 4 is 11.6 Å². The highest BCUT2D eigenvalue weighted by Gasteiger charge is 2.11. The zero-order chi connectivity index (χ0) is 13.1. The number of pyridine rings is 1. The van der Waals surface area contributed by atoms with Crippen molar-refractivity contribution in [1.29, 1.82) is 0 Å². The first kappa shape index (κ1) is 11.9. The summed E-state index contributed by atoms with van der Waals surface area (Å²) in [5, 5.41) is 12.2. The van der Waals surface area contributed by atoms with E-state index in [0.717, 1.165) is 5.56 Å². The van der Waals surface area contributed by atoms with Gasteiger partial charge in [-0.15, -0.1) is 0 Å². The molecule has 5 nitrogen and oxygen atoms in total. The molecule has 3 N–H and O–H groups in total. The molecule has 0 fully saturated rings. The SMILES string of the molecule is Cc1ccc(O)c(C(=O)Nc2ccc(=O)[nH]c2)c1. The zero-order valence-corrected chi connectivity index (χ0v) is 9.73. The molecule has 1 heterocycles. The summed E-state index contributed by atoms with van der Waals surface area (Å²) in [6, 6.07) is 7.58. The van der Waals surface area contributed by atoms with Gasteiger partial charge >= 0.3 is 0 Å². The highest BCUT2D eigenvalue weighted by atomic mass is 16.3. The van der Waals surface area contributed by atoms with Crippen molar-refractivity contribution in [2.75, 3.05) is 5.32 Å². The smallest absolute Gasteiger partial charge is 0.259 e. The lowest BCUT2D eigenvalue weighted by Gasteiger charge is -2.07. The van der Waals surface area contributed by atoms with Crippen molar-refractivity contribution in [3.05, 3.63) is 58.0 Å². The third kappa shape index (κ3) is 2.57. The van der Waals surface area contributed by atoms with E-state index >= 15 is 0 Å². The lowest BCUT2D eigenvalue weighted by atomic mass is 10.1. The van der Waals surface area contributed by atoms with Crippen LogP contribution >= 0.6 is 0 Å². The van der Waals surface area contributed by atoms with Crippen molar-refractivity contribution < 1.29 is 9.90 Å². The average molecular weight is 244 g/mol. The largest absolute Gasteiger partial charge is 0.507 e. The summed E-state index contributed by atoms with van der Waals surface area (Å²) >= 11 is 0. The predicted molar refractivity (Wildman–Crippen MR) is 67.9 cm³/mol. The molecule has 0 bridgehead atoms. The number of aromatic nitrogens is 1.